The summed E-state index contributed by atoms with van der Waals surface area (Å²) in [6.07, 6.45) is 4.03. The highest BCUT2D eigenvalue weighted by Crippen LogP contribution is 2.43. The van der Waals surface area contributed by atoms with E-state index in [4.69, 9.17) is 16.3 Å². The van der Waals surface area contributed by atoms with Gasteiger partial charge >= 0.3 is 0 Å². The molecular formula is C12H16ClN7O. The number of halogens is 1. The lowest BCUT2D eigenvalue weighted by molar-refractivity contribution is -0.0796. The van der Waals surface area contributed by atoms with E-state index in [9.17, 15) is 0 Å². The second-order valence-electron chi connectivity index (χ2n) is 5.55. The molecule has 1 aliphatic rings. The second kappa shape index (κ2) is 5.19. The lowest BCUT2D eigenvalue weighted by Gasteiger charge is -2.51. The molecule has 0 saturated heterocycles. The number of ether oxygens (including phenoxy) is 1. The van der Waals surface area contributed by atoms with E-state index in [-0.39, 0.29) is 22.8 Å². The van der Waals surface area contributed by atoms with Crippen molar-refractivity contribution in [2.45, 2.75) is 32.4 Å². The first kappa shape index (κ1) is 14.2. The van der Waals surface area contributed by atoms with Crippen LogP contribution >= 0.6 is 11.6 Å². The number of hydrogen-bond acceptors (Lipinski definition) is 7. The predicted molar refractivity (Wildman–Crippen MR) is 76.4 cm³/mol. The highest BCUT2D eigenvalue weighted by Gasteiger charge is 2.48. The fourth-order valence-electron chi connectivity index (χ4n) is 2.50. The fourth-order valence-corrected chi connectivity index (χ4v) is 2.66. The number of methoxy groups -OCH3 is 1. The van der Waals surface area contributed by atoms with Gasteiger partial charge in [-0.1, -0.05) is 13.8 Å². The normalized spacial score (nSPS) is 23.6. The monoisotopic (exact) mass is 309 g/mol. The van der Waals surface area contributed by atoms with Crippen LogP contribution in [-0.2, 0) is 4.74 Å². The summed E-state index contributed by atoms with van der Waals surface area (Å²) in [7, 11) is 1.73. The molecule has 21 heavy (non-hydrogen) atoms. The van der Waals surface area contributed by atoms with Crippen molar-refractivity contribution in [3.63, 3.8) is 0 Å². The molecule has 1 saturated carbocycles. The Morgan fingerprint density at radius 3 is 2.81 bits per heavy atom. The molecule has 0 aliphatic heterocycles. The summed E-state index contributed by atoms with van der Waals surface area (Å²) in [5, 5.41) is 7.38. The molecule has 0 radical (unpaired) electrons. The van der Waals surface area contributed by atoms with E-state index in [2.05, 4.69) is 44.2 Å². The first-order chi connectivity index (χ1) is 10.0. The molecular weight excluding hydrogens is 294 g/mol. The van der Waals surface area contributed by atoms with Crippen LogP contribution in [-0.4, -0.2) is 49.0 Å². The average Bonchev–Trinajstić information content (AvgIpc) is 2.96. The Kier molecular flexibility index (Phi) is 3.50. The van der Waals surface area contributed by atoms with Crippen molar-refractivity contribution < 1.29 is 4.74 Å². The molecule has 112 valence electrons. The van der Waals surface area contributed by atoms with Gasteiger partial charge in [-0.15, -0.1) is 0 Å². The molecule has 8 nitrogen and oxygen atoms in total. The minimum atomic E-state index is 0.00126. The summed E-state index contributed by atoms with van der Waals surface area (Å²) < 4.78 is 6.87. The van der Waals surface area contributed by atoms with Crippen LogP contribution in [0.3, 0.4) is 0 Å². The highest BCUT2D eigenvalue weighted by atomic mass is 35.5. The number of nitrogens with one attached hydrogen (secondary N) is 1. The van der Waals surface area contributed by atoms with Gasteiger partial charge in [0.05, 0.1) is 6.10 Å². The minimum absolute atomic E-state index is 0.00126. The van der Waals surface area contributed by atoms with Crippen LogP contribution in [0.5, 0.6) is 0 Å². The van der Waals surface area contributed by atoms with Crippen LogP contribution in [0.25, 0.3) is 5.95 Å². The first-order valence-corrected chi connectivity index (χ1v) is 6.94. The Bertz CT molecular complexity index is 631. The van der Waals surface area contributed by atoms with Gasteiger partial charge in [0.2, 0.25) is 11.2 Å². The molecule has 0 aromatic carbocycles. The SMILES string of the molecule is COC1CC(Nc2nc(Cl)nc(-n3cncn3)n2)C1(C)C. The maximum absolute atomic E-state index is 5.95. The maximum atomic E-state index is 5.95. The van der Waals surface area contributed by atoms with E-state index >= 15 is 0 Å². The molecule has 2 aromatic heterocycles. The van der Waals surface area contributed by atoms with E-state index in [0.717, 1.165) is 6.42 Å². The second-order valence-corrected chi connectivity index (χ2v) is 5.88. The van der Waals surface area contributed by atoms with Crippen molar-refractivity contribution in [2.75, 3.05) is 12.4 Å². The zero-order valence-corrected chi connectivity index (χ0v) is 12.7. The third-order valence-corrected chi connectivity index (χ3v) is 4.15. The lowest BCUT2D eigenvalue weighted by Crippen LogP contribution is -2.57. The molecule has 0 amide bonds. The minimum Gasteiger partial charge on any atom is -0.381 e. The van der Waals surface area contributed by atoms with Gasteiger partial charge in [-0.05, 0) is 18.0 Å². The molecule has 2 unspecified atom stereocenters. The molecule has 0 bridgehead atoms. The maximum Gasteiger partial charge on any atom is 0.258 e. The van der Waals surface area contributed by atoms with Crippen molar-refractivity contribution >= 4 is 17.5 Å². The molecule has 2 aromatic rings. The number of aromatic nitrogens is 6. The third kappa shape index (κ3) is 2.56. The van der Waals surface area contributed by atoms with E-state index in [1.807, 2.05) is 0 Å². The van der Waals surface area contributed by atoms with Crippen LogP contribution < -0.4 is 5.32 Å². The Hall–Kier alpha value is -1.80. The standard InChI is InChI=1S/C12H16ClN7O/c1-12(2)7(4-8(12)21-3)16-10-17-9(13)18-11(19-10)20-6-14-5-15-20/h5-8H,4H2,1-3H3,(H,16,17,18,19). The average molecular weight is 310 g/mol. The van der Waals surface area contributed by atoms with Gasteiger partial charge in [0.15, 0.2) is 0 Å². The zero-order valence-electron chi connectivity index (χ0n) is 12.0. The van der Waals surface area contributed by atoms with E-state index in [0.29, 0.717) is 11.9 Å². The topological polar surface area (TPSA) is 90.6 Å². The molecule has 0 spiro atoms. The van der Waals surface area contributed by atoms with E-state index < -0.39 is 0 Å². The summed E-state index contributed by atoms with van der Waals surface area (Å²) in [5.74, 6) is 0.753. The predicted octanol–water partition coefficient (Wildman–Crippen LogP) is 1.33. The zero-order chi connectivity index (χ0) is 15.0. The van der Waals surface area contributed by atoms with Crippen molar-refractivity contribution in [3.8, 4) is 5.95 Å². The summed E-state index contributed by atoms with van der Waals surface area (Å²) in [6.45, 7) is 4.28. The van der Waals surface area contributed by atoms with E-state index in [1.54, 1.807) is 7.11 Å². The number of hydrogen-bond donors (Lipinski definition) is 1. The largest absolute Gasteiger partial charge is 0.381 e. The van der Waals surface area contributed by atoms with Gasteiger partial charge in [-0.25, -0.2) is 4.98 Å². The van der Waals surface area contributed by atoms with Crippen molar-refractivity contribution in [1.29, 1.82) is 0 Å². The lowest BCUT2D eigenvalue weighted by atomic mass is 9.64. The van der Waals surface area contributed by atoms with Gasteiger partial charge < -0.3 is 10.1 Å². The molecule has 1 fully saturated rings. The van der Waals surface area contributed by atoms with Crippen molar-refractivity contribution in [1.82, 2.24) is 29.7 Å². The van der Waals surface area contributed by atoms with Gasteiger partial charge in [-0.3, -0.25) is 0 Å². The summed E-state index contributed by atoms with van der Waals surface area (Å²) in [6, 6.07) is 0.213. The number of anilines is 1. The molecule has 3 rings (SSSR count). The Morgan fingerprint density at radius 1 is 1.38 bits per heavy atom. The highest BCUT2D eigenvalue weighted by molar-refractivity contribution is 6.28. The summed E-state index contributed by atoms with van der Waals surface area (Å²) >= 11 is 5.95. The molecule has 2 atom stereocenters. The fraction of sp³-hybridized carbons (Fsp3) is 0.583. The summed E-state index contributed by atoms with van der Waals surface area (Å²) in [5.41, 5.74) is 0.00126. The smallest absolute Gasteiger partial charge is 0.258 e. The van der Waals surface area contributed by atoms with Gasteiger partial charge in [-0.2, -0.15) is 24.7 Å². The van der Waals surface area contributed by atoms with Crippen LogP contribution in [0.15, 0.2) is 12.7 Å². The van der Waals surface area contributed by atoms with Crippen molar-refractivity contribution in [2.24, 2.45) is 5.41 Å². The van der Waals surface area contributed by atoms with Crippen LogP contribution in [0.2, 0.25) is 5.28 Å². The Morgan fingerprint density at radius 2 is 2.19 bits per heavy atom. The summed E-state index contributed by atoms with van der Waals surface area (Å²) in [4.78, 5) is 16.3. The quantitative estimate of drug-likeness (QED) is 0.911. The Balaban J connectivity index is 1.81. The first-order valence-electron chi connectivity index (χ1n) is 6.56. The van der Waals surface area contributed by atoms with Crippen LogP contribution in [0.1, 0.15) is 20.3 Å². The van der Waals surface area contributed by atoms with Crippen LogP contribution in [0.4, 0.5) is 5.95 Å². The molecule has 1 aliphatic carbocycles. The molecule has 1 N–H and O–H groups in total. The molecule has 2 heterocycles. The number of rotatable bonds is 4. The van der Waals surface area contributed by atoms with Crippen LogP contribution in [0, 0.1) is 5.41 Å². The van der Waals surface area contributed by atoms with Gasteiger partial charge in [0.25, 0.3) is 5.95 Å². The third-order valence-electron chi connectivity index (χ3n) is 3.99. The van der Waals surface area contributed by atoms with Gasteiger partial charge in [0, 0.05) is 18.6 Å². The Labute approximate surface area is 126 Å². The van der Waals surface area contributed by atoms with Gasteiger partial charge in [0.1, 0.15) is 12.7 Å². The van der Waals surface area contributed by atoms with E-state index in [1.165, 1.54) is 17.3 Å². The number of nitrogens with zero attached hydrogens (tertiary/aromatic N) is 6. The van der Waals surface area contributed by atoms with Crippen molar-refractivity contribution in [3.05, 3.63) is 17.9 Å². The molecule has 9 heteroatoms.